The van der Waals surface area contributed by atoms with E-state index in [2.05, 4.69) is 5.32 Å². The normalized spacial score (nSPS) is 18.6. The number of fused-ring (bicyclic) bond motifs is 2. The Morgan fingerprint density at radius 1 is 1.03 bits per heavy atom. The molecule has 3 aromatic rings. The minimum absolute atomic E-state index is 0.0107. The molecule has 0 saturated heterocycles. The molecule has 0 aromatic heterocycles. The molecule has 7 heteroatoms. The van der Waals surface area contributed by atoms with Gasteiger partial charge in [0, 0.05) is 29.3 Å². The van der Waals surface area contributed by atoms with E-state index in [1.807, 2.05) is 75.4 Å². The maximum atomic E-state index is 13.3. The van der Waals surface area contributed by atoms with Crippen LogP contribution in [0.2, 0.25) is 0 Å². The van der Waals surface area contributed by atoms with Crippen molar-refractivity contribution in [1.82, 2.24) is 4.90 Å². The number of aliphatic hydroxyl groups is 3. The average molecular weight is 479 g/mol. The maximum Gasteiger partial charge on any atom is 0.322 e. The lowest BCUT2D eigenvalue weighted by Gasteiger charge is -2.37. The van der Waals surface area contributed by atoms with E-state index in [1.165, 1.54) is 0 Å². The second-order valence-electron chi connectivity index (χ2n) is 10.1. The lowest BCUT2D eigenvalue weighted by molar-refractivity contribution is 0.0129. The number of β-amino-alcohol motifs (C(OH)–C–C–N with tert-alkyl or cyclic N) is 1. The fraction of sp³-hybridized carbons (Fsp3) is 0.393. The first kappa shape index (κ1) is 25.0. The molecule has 0 fully saturated rings. The first-order valence-electron chi connectivity index (χ1n) is 12.0. The molecule has 7 nitrogen and oxygen atoms in total. The van der Waals surface area contributed by atoms with Crippen molar-refractivity contribution in [2.75, 3.05) is 18.5 Å². The maximum absolute atomic E-state index is 13.3. The van der Waals surface area contributed by atoms with E-state index in [-0.39, 0.29) is 19.2 Å². The third kappa shape index (κ3) is 5.75. The van der Waals surface area contributed by atoms with Gasteiger partial charge in [0.2, 0.25) is 0 Å². The van der Waals surface area contributed by atoms with Gasteiger partial charge in [-0.2, -0.15) is 0 Å². The molecule has 4 rings (SSSR count). The Balaban J connectivity index is 1.44. The number of hydrogen-bond donors (Lipinski definition) is 4. The van der Waals surface area contributed by atoms with Crippen LogP contribution < -0.4 is 10.1 Å². The number of nitrogens with zero attached hydrogens (tertiary/aromatic N) is 1. The van der Waals surface area contributed by atoms with Crippen LogP contribution in [0.1, 0.15) is 31.9 Å². The lowest BCUT2D eigenvalue weighted by Crippen LogP contribution is -2.51. The predicted octanol–water partition coefficient (Wildman–Crippen LogP) is 3.73. The molecule has 1 aliphatic rings. The molecule has 3 unspecified atom stereocenters. The van der Waals surface area contributed by atoms with Crippen LogP contribution in [0.25, 0.3) is 10.8 Å². The quantitative estimate of drug-likeness (QED) is 0.432. The van der Waals surface area contributed by atoms with E-state index < -0.39 is 23.9 Å². The van der Waals surface area contributed by atoms with Gasteiger partial charge in [0.1, 0.15) is 18.5 Å². The van der Waals surface area contributed by atoms with E-state index in [9.17, 15) is 20.1 Å². The van der Waals surface area contributed by atoms with Crippen molar-refractivity contribution in [3.8, 4) is 5.75 Å². The second kappa shape index (κ2) is 10.2. The highest BCUT2D eigenvalue weighted by Crippen LogP contribution is 2.30. The fourth-order valence-corrected chi connectivity index (χ4v) is 4.50. The SMILES string of the molecule is CC(C)(C)N(CC(O)COc1cccc2c1CC(O)C(O)C2)C(=O)Nc1cccc2ccccc12. The van der Waals surface area contributed by atoms with Crippen molar-refractivity contribution in [3.05, 3.63) is 71.8 Å². The summed E-state index contributed by atoms with van der Waals surface area (Å²) in [5.41, 5.74) is 1.95. The number of rotatable bonds is 6. The molecule has 0 heterocycles. The smallest absolute Gasteiger partial charge is 0.322 e. The Kier molecular flexibility index (Phi) is 7.31. The number of benzene rings is 3. The Labute approximate surface area is 206 Å². The molecule has 0 radical (unpaired) electrons. The Morgan fingerprint density at radius 3 is 2.49 bits per heavy atom. The summed E-state index contributed by atoms with van der Waals surface area (Å²) in [7, 11) is 0. The zero-order chi connectivity index (χ0) is 25.2. The van der Waals surface area contributed by atoms with Gasteiger partial charge in [0.05, 0.1) is 24.4 Å². The fourth-order valence-electron chi connectivity index (χ4n) is 4.50. The molecule has 3 atom stereocenters. The largest absolute Gasteiger partial charge is 0.491 e. The third-order valence-corrected chi connectivity index (χ3v) is 6.43. The van der Waals surface area contributed by atoms with Crippen molar-refractivity contribution < 1.29 is 24.9 Å². The van der Waals surface area contributed by atoms with Gasteiger partial charge in [-0.1, -0.05) is 48.5 Å². The molecule has 2 amide bonds. The molecule has 0 aliphatic heterocycles. The molecule has 0 saturated carbocycles. The number of anilines is 1. The van der Waals surface area contributed by atoms with Gasteiger partial charge in [-0.15, -0.1) is 0 Å². The first-order chi connectivity index (χ1) is 16.6. The predicted molar refractivity (Wildman–Crippen MR) is 137 cm³/mol. The first-order valence-corrected chi connectivity index (χ1v) is 12.0. The van der Waals surface area contributed by atoms with Crippen LogP contribution in [0.3, 0.4) is 0 Å². The van der Waals surface area contributed by atoms with Crippen LogP contribution in [0.4, 0.5) is 10.5 Å². The van der Waals surface area contributed by atoms with Gasteiger partial charge in [-0.05, 0) is 43.9 Å². The molecular formula is C28H34N2O5. The van der Waals surface area contributed by atoms with Gasteiger partial charge in [-0.25, -0.2) is 4.79 Å². The monoisotopic (exact) mass is 478 g/mol. The standard InChI is InChI=1S/C28H34N2O5/c1-28(2,3)30(27(34)29-23-12-6-9-18-8-4-5-11-21(18)23)16-20(31)17-35-26-13-7-10-19-14-24(32)25(33)15-22(19)26/h4-13,20,24-25,31-33H,14-17H2,1-3H3,(H,29,34). The molecule has 3 aromatic carbocycles. The summed E-state index contributed by atoms with van der Waals surface area (Å²) in [6.45, 7) is 5.83. The summed E-state index contributed by atoms with van der Waals surface area (Å²) < 4.78 is 5.92. The number of ether oxygens (including phenoxy) is 1. The van der Waals surface area contributed by atoms with Gasteiger partial charge < -0.3 is 30.3 Å². The molecular weight excluding hydrogens is 444 g/mol. The number of carbonyl (C=O) groups excluding carboxylic acids is 1. The van der Waals surface area contributed by atoms with Gasteiger partial charge in [-0.3, -0.25) is 0 Å². The van der Waals surface area contributed by atoms with Crippen molar-refractivity contribution in [2.24, 2.45) is 0 Å². The number of urea groups is 1. The lowest BCUT2D eigenvalue weighted by atomic mass is 9.87. The molecule has 0 bridgehead atoms. The van der Waals surface area contributed by atoms with Crippen LogP contribution in [0.15, 0.2) is 60.7 Å². The zero-order valence-corrected chi connectivity index (χ0v) is 20.4. The van der Waals surface area contributed by atoms with Gasteiger partial charge in [0.25, 0.3) is 0 Å². The van der Waals surface area contributed by atoms with E-state index in [0.29, 0.717) is 24.3 Å². The average Bonchev–Trinajstić information content (AvgIpc) is 2.81. The number of hydrogen-bond acceptors (Lipinski definition) is 5. The molecule has 4 N–H and O–H groups in total. The summed E-state index contributed by atoms with van der Waals surface area (Å²) in [6, 6.07) is 18.9. The van der Waals surface area contributed by atoms with Crippen LogP contribution in [-0.4, -0.2) is 63.3 Å². The number of amides is 2. The number of aliphatic hydroxyl groups excluding tert-OH is 3. The highest BCUT2D eigenvalue weighted by Gasteiger charge is 2.30. The molecule has 35 heavy (non-hydrogen) atoms. The van der Waals surface area contributed by atoms with E-state index >= 15 is 0 Å². The Morgan fingerprint density at radius 2 is 1.71 bits per heavy atom. The van der Waals surface area contributed by atoms with Crippen LogP contribution >= 0.6 is 0 Å². The summed E-state index contributed by atoms with van der Waals surface area (Å²) >= 11 is 0. The summed E-state index contributed by atoms with van der Waals surface area (Å²) in [5, 5.41) is 35.8. The van der Waals surface area contributed by atoms with Gasteiger partial charge >= 0.3 is 6.03 Å². The molecule has 0 spiro atoms. The highest BCUT2D eigenvalue weighted by atomic mass is 16.5. The summed E-state index contributed by atoms with van der Waals surface area (Å²) in [5.74, 6) is 0.579. The van der Waals surface area contributed by atoms with Crippen LogP contribution in [0.5, 0.6) is 5.75 Å². The topological polar surface area (TPSA) is 102 Å². The summed E-state index contributed by atoms with van der Waals surface area (Å²) in [6.07, 6.45) is -1.90. The second-order valence-corrected chi connectivity index (χ2v) is 10.1. The van der Waals surface area contributed by atoms with Crippen molar-refractivity contribution >= 4 is 22.5 Å². The van der Waals surface area contributed by atoms with Crippen molar-refractivity contribution in [2.45, 2.75) is 57.5 Å². The molecule has 1 aliphatic carbocycles. The Hall–Kier alpha value is -3.13. The van der Waals surface area contributed by atoms with Crippen molar-refractivity contribution in [1.29, 1.82) is 0 Å². The van der Waals surface area contributed by atoms with Crippen molar-refractivity contribution in [3.63, 3.8) is 0 Å². The van der Waals surface area contributed by atoms with Crippen LogP contribution in [-0.2, 0) is 12.8 Å². The van der Waals surface area contributed by atoms with Gasteiger partial charge in [0.15, 0.2) is 0 Å². The minimum atomic E-state index is -0.928. The molecule has 186 valence electrons. The highest BCUT2D eigenvalue weighted by molar-refractivity contribution is 6.01. The van der Waals surface area contributed by atoms with Crippen LogP contribution in [0, 0.1) is 0 Å². The third-order valence-electron chi connectivity index (χ3n) is 6.43. The number of nitrogens with one attached hydrogen (secondary N) is 1. The number of carbonyl (C=O) groups is 1. The minimum Gasteiger partial charge on any atom is -0.491 e. The van der Waals surface area contributed by atoms with E-state index in [4.69, 9.17) is 4.74 Å². The zero-order valence-electron chi connectivity index (χ0n) is 20.4. The van der Waals surface area contributed by atoms with E-state index in [1.54, 1.807) is 11.0 Å². The Bertz CT molecular complexity index is 1180. The summed E-state index contributed by atoms with van der Waals surface area (Å²) in [4.78, 5) is 14.9. The van der Waals surface area contributed by atoms with E-state index in [0.717, 1.165) is 21.9 Å².